The van der Waals surface area contributed by atoms with Crippen molar-refractivity contribution < 1.29 is 14.2 Å². The molecular formula is C17H26FNO2. The molecule has 0 aromatic heterocycles. The molecular weight excluding hydrogens is 269 g/mol. The fourth-order valence-corrected chi connectivity index (χ4v) is 3.02. The maximum atomic E-state index is 13.1. The van der Waals surface area contributed by atoms with E-state index in [1.165, 1.54) is 18.6 Å². The molecule has 2 N–H and O–H groups in total. The van der Waals surface area contributed by atoms with Crippen LogP contribution in [0.25, 0.3) is 0 Å². The summed E-state index contributed by atoms with van der Waals surface area (Å²) < 4.78 is 18.2. The van der Waals surface area contributed by atoms with Gasteiger partial charge in [-0.05, 0) is 37.0 Å². The van der Waals surface area contributed by atoms with Crippen LogP contribution in [-0.4, -0.2) is 31.0 Å². The summed E-state index contributed by atoms with van der Waals surface area (Å²) in [7, 11) is 1.68. The number of benzene rings is 1. The van der Waals surface area contributed by atoms with E-state index in [4.69, 9.17) is 4.74 Å². The Morgan fingerprint density at radius 3 is 2.52 bits per heavy atom. The summed E-state index contributed by atoms with van der Waals surface area (Å²) in [4.78, 5) is 0. The zero-order chi connectivity index (χ0) is 15.1. The summed E-state index contributed by atoms with van der Waals surface area (Å²) in [6.45, 7) is 1.21. The normalized spacial score (nSPS) is 19.4. The second-order valence-corrected chi connectivity index (χ2v) is 6.05. The minimum Gasteiger partial charge on any atom is -0.389 e. The standard InChI is InChI=1S/C17H26FNO2/c1-21-12-9-16(14-5-7-15(18)8-6-14)19-13-17(20)10-3-2-4-11-17/h5-8,16,19-20H,2-4,9-13H2,1H3. The van der Waals surface area contributed by atoms with Crippen LogP contribution in [0, 0.1) is 5.82 Å². The average Bonchev–Trinajstić information content (AvgIpc) is 2.49. The average molecular weight is 295 g/mol. The van der Waals surface area contributed by atoms with Gasteiger partial charge in [-0.3, -0.25) is 0 Å². The summed E-state index contributed by atoms with van der Waals surface area (Å²) in [5, 5.41) is 14.0. The van der Waals surface area contributed by atoms with Crippen molar-refractivity contribution in [3.63, 3.8) is 0 Å². The molecule has 1 atom stereocenters. The number of methoxy groups -OCH3 is 1. The van der Waals surface area contributed by atoms with Gasteiger partial charge in [0.15, 0.2) is 0 Å². The van der Waals surface area contributed by atoms with Gasteiger partial charge in [-0.15, -0.1) is 0 Å². The molecule has 0 aliphatic heterocycles. The molecule has 1 aliphatic rings. The maximum Gasteiger partial charge on any atom is 0.123 e. The highest BCUT2D eigenvalue weighted by Gasteiger charge is 2.29. The van der Waals surface area contributed by atoms with Gasteiger partial charge in [0.2, 0.25) is 0 Å². The summed E-state index contributed by atoms with van der Waals surface area (Å²) in [5.41, 5.74) is 0.441. The second kappa shape index (κ2) is 7.87. The van der Waals surface area contributed by atoms with Gasteiger partial charge in [0, 0.05) is 26.3 Å². The minimum absolute atomic E-state index is 0.0801. The molecule has 2 rings (SSSR count). The summed E-state index contributed by atoms with van der Waals surface area (Å²) in [6.07, 6.45) is 5.93. The van der Waals surface area contributed by atoms with E-state index in [2.05, 4.69) is 5.32 Å². The Hall–Kier alpha value is -0.970. The largest absolute Gasteiger partial charge is 0.389 e. The van der Waals surface area contributed by atoms with Crippen molar-refractivity contribution in [2.24, 2.45) is 0 Å². The van der Waals surface area contributed by atoms with Crippen LogP contribution >= 0.6 is 0 Å². The van der Waals surface area contributed by atoms with Crippen molar-refractivity contribution in [2.75, 3.05) is 20.3 Å². The van der Waals surface area contributed by atoms with Crippen molar-refractivity contribution in [2.45, 2.75) is 50.2 Å². The van der Waals surface area contributed by atoms with Gasteiger partial charge in [-0.1, -0.05) is 31.4 Å². The molecule has 1 aliphatic carbocycles. The first-order valence-corrected chi connectivity index (χ1v) is 7.83. The van der Waals surface area contributed by atoms with Crippen LogP contribution < -0.4 is 5.32 Å². The van der Waals surface area contributed by atoms with Gasteiger partial charge >= 0.3 is 0 Å². The zero-order valence-electron chi connectivity index (χ0n) is 12.8. The van der Waals surface area contributed by atoms with E-state index in [0.717, 1.165) is 37.7 Å². The molecule has 0 spiro atoms. The molecule has 1 aromatic rings. The molecule has 0 bridgehead atoms. The first-order valence-electron chi connectivity index (χ1n) is 7.83. The van der Waals surface area contributed by atoms with Crippen molar-refractivity contribution in [1.29, 1.82) is 0 Å². The number of ether oxygens (including phenoxy) is 1. The Kier molecular flexibility index (Phi) is 6.15. The van der Waals surface area contributed by atoms with Gasteiger partial charge in [0.25, 0.3) is 0 Å². The van der Waals surface area contributed by atoms with Crippen LogP contribution in [0.1, 0.15) is 50.1 Å². The van der Waals surface area contributed by atoms with Gasteiger partial charge in [-0.2, -0.15) is 0 Å². The Morgan fingerprint density at radius 1 is 1.24 bits per heavy atom. The first kappa shape index (κ1) is 16.4. The molecule has 0 radical (unpaired) electrons. The Balaban J connectivity index is 1.97. The van der Waals surface area contributed by atoms with Gasteiger partial charge in [0.1, 0.15) is 5.82 Å². The zero-order valence-corrected chi connectivity index (χ0v) is 12.8. The molecule has 1 fully saturated rings. The lowest BCUT2D eigenvalue weighted by Crippen LogP contribution is -2.43. The SMILES string of the molecule is COCCC(NCC1(O)CCCCC1)c1ccc(F)cc1. The first-order chi connectivity index (χ1) is 10.1. The van der Waals surface area contributed by atoms with E-state index in [0.29, 0.717) is 13.2 Å². The van der Waals surface area contributed by atoms with Crippen LogP contribution in [0.15, 0.2) is 24.3 Å². The van der Waals surface area contributed by atoms with Crippen molar-refractivity contribution in [3.05, 3.63) is 35.6 Å². The van der Waals surface area contributed by atoms with E-state index in [9.17, 15) is 9.50 Å². The molecule has 0 saturated heterocycles. The molecule has 21 heavy (non-hydrogen) atoms. The highest BCUT2D eigenvalue weighted by molar-refractivity contribution is 5.20. The summed E-state index contributed by atoms with van der Waals surface area (Å²) in [5.74, 6) is -0.227. The fourth-order valence-electron chi connectivity index (χ4n) is 3.02. The van der Waals surface area contributed by atoms with E-state index < -0.39 is 5.60 Å². The highest BCUT2D eigenvalue weighted by atomic mass is 19.1. The number of nitrogens with one attached hydrogen (secondary N) is 1. The quantitative estimate of drug-likeness (QED) is 0.812. The monoisotopic (exact) mass is 295 g/mol. The number of hydrogen-bond acceptors (Lipinski definition) is 3. The van der Waals surface area contributed by atoms with Crippen molar-refractivity contribution in [3.8, 4) is 0 Å². The van der Waals surface area contributed by atoms with Crippen LogP contribution in [0.4, 0.5) is 4.39 Å². The van der Waals surface area contributed by atoms with Gasteiger partial charge in [-0.25, -0.2) is 4.39 Å². The summed E-state index contributed by atoms with van der Waals surface area (Å²) in [6, 6.07) is 6.64. The Labute approximate surface area is 126 Å². The van der Waals surface area contributed by atoms with Gasteiger partial charge < -0.3 is 15.2 Å². The lowest BCUT2D eigenvalue weighted by molar-refractivity contribution is 0.00174. The van der Waals surface area contributed by atoms with Crippen LogP contribution in [0.2, 0.25) is 0 Å². The van der Waals surface area contributed by atoms with Crippen LogP contribution in [0.3, 0.4) is 0 Å². The number of halogens is 1. The lowest BCUT2D eigenvalue weighted by atomic mass is 9.84. The lowest BCUT2D eigenvalue weighted by Gasteiger charge is -2.34. The van der Waals surface area contributed by atoms with E-state index in [1.54, 1.807) is 19.2 Å². The topological polar surface area (TPSA) is 41.5 Å². The second-order valence-electron chi connectivity index (χ2n) is 6.05. The van der Waals surface area contributed by atoms with Gasteiger partial charge in [0.05, 0.1) is 5.60 Å². The predicted molar refractivity (Wildman–Crippen MR) is 81.7 cm³/mol. The minimum atomic E-state index is -0.594. The van der Waals surface area contributed by atoms with E-state index in [1.807, 2.05) is 0 Å². The molecule has 4 heteroatoms. The summed E-state index contributed by atoms with van der Waals surface area (Å²) >= 11 is 0. The Bertz CT molecular complexity index is 415. The van der Waals surface area contributed by atoms with Crippen LogP contribution in [-0.2, 0) is 4.74 Å². The number of aliphatic hydroxyl groups is 1. The smallest absolute Gasteiger partial charge is 0.123 e. The third kappa shape index (κ3) is 5.06. The van der Waals surface area contributed by atoms with Crippen molar-refractivity contribution in [1.82, 2.24) is 5.32 Å². The Morgan fingerprint density at radius 2 is 1.90 bits per heavy atom. The molecule has 1 unspecified atom stereocenters. The third-order valence-corrected chi connectivity index (χ3v) is 4.34. The highest BCUT2D eigenvalue weighted by Crippen LogP contribution is 2.28. The fraction of sp³-hybridized carbons (Fsp3) is 0.647. The molecule has 3 nitrogen and oxygen atoms in total. The molecule has 1 saturated carbocycles. The molecule has 1 aromatic carbocycles. The van der Waals surface area contributed by atoms with Crippen molar-refractivity contribution >= 4 is 0 Å². The number of rotatable bonds is 7. The molecule has 118 valence electrons. The van der Waals surface area contributed by atoms with E-state index in [-0.39, 0.29) is 11.9 Å². The van der Waals surface area contributed by atoms with Crippen LogP contribution in [0.5, 0.6) is 0 Å². The molecule has 0 heterocycles. The predicted octanol–water partition coefficient (Wildman–Crippen LogP) is 3.19. The molecule has 0 amide bonds. The maximum absolute atomic E-state index is 13.1. The third-order valence-electron chi connectivity index (χ3n) is 4.34. The number of hydrogen-bond donors (Lipinski definition) is 2. The van der Waals surface area contributed by atoms with E-state index >= 15 is 0 Å².